The number of hydrogen-bond donors (Lipinski definition) is 1. The highest BCUT2D eigenvalue weighted by molar-refractivity contribution is 5.80. The highest BCUT2D eigenvalue weighted by Crippen LogP contribution is 2.47. The SMILES string of the molecule is CCNC(=NCc1cccc(CN2CCOCC2)c1)N1CCC2(CCC2)C1. The first kappa shape index (κ1) is 18.8. The second kappa shape index (κ2) is 8.61. The number of benzene rings is 1. The molecule has 3 aliphatic rings. The summed E-state index contributed by atoms with van der Waals surface area (Å²) in [5, 5.41) is 3.51. The van der Waals surface area contributed by atoms with E-state index in [2.05, 4.69) is 46.3 Å². The summed E-state index contributed by atoms with van der Waals surface area (Å²) in [4.78, 5) is 9.93. The Kier molecular flexibility index (Phi) is 5.98. The topological polar surface area (TPSA) is 40.1 Å². The molecule has 2 aliphatic heterocycles. The van der Waals surface area contributed by atoms with Gasteiger partial charge in [0.2, 0.25) is 0 Å². The van der Waals surface area contributed by atoms with Gasteiger partial charge in [0, 0.05) is 39.3 Å². The summed E-state index contributed by atoms with van der Waals surface area (Å²) in [5.74, 6) is 1.10. The minimum absolute atomic E-state index is 0.605. The molecule has 0 bridgehead atoms. The molecule has 27 heavy (non-hydrogen) atoms. The monoisotopic (exact) mass is 370 g/mol. The first-order chi connectivity index (χ1) is 13.3. The van der Waals surface area contributed by atoms with Gasteiger partial charge < -0.3 is 15.0 Å². The van der Waals surface area contributed by atoms with Gasteiger partial charge in [-0.2, -0.15) is 0 Å². The van der Waals surface area contributed by atoms with E-state index in [1.165, 1.54) is 43.4 Å². The number of hydrogen-bond acceptors (Lipinski definition) is 3. The fourth-order valence-electron chi connectivity index (χ4n) is 4.64. The fourth-order valence-corrected chi connectivity index (χ4v) is 4.64. The normalized spacial score (nSPS) is 22.9. The molecule has 0 unspecified atom stereocenters. The van der Waals surface area contributed by atoms with Gasteiger partial charge in [0.25, 0.3) is 0 Å². The van der Waals surface area contributed by atoms with Gasteiger partial charge in [0.1, 0.15) is 0 Å². The van der Waals surface area contributed by atoms with Crippen LogP contribution >= 0.6 is 0 Å². The van der Waals surface area contributed by atoms with Crippen LogP contribution in [0.5, 0.6) is 0 Å². The Balaban J connectivity index is 1.38. The molecule has 3 fully saturated rings. The van der Waals surface area contributed by atoms with Gasteiger partial charge in [-0.25, -0.2) is 4.99 Å². The van der Waals surface area contributed by atoms with Crippen LogP contribution < -0.4 is 5.32 Å². The molecule has 2 saturated heterocycles. The summed E-state index contributed by atoms with van der Waals surface area (Å²) in [5.41, 5.74) is 3.28. The zero-order valence-electron chi connectivity index (χ0n) is 16.8. The van der Waals surface area contributed by atoms with Crippen LogP contribution in [-0.2, 0) is 17.8 Å². The van der Waals surface area contributed by atoms with Crippen LogP contribution in [-0.4, -0.2) is 61.7 Å². The molecule has 1 N–H and O–H groups in total. The van der Waals surface area contributed by atoms with Crippen molar-refractivity contribution in [3.63, 3.8) is 0 Å². The van der Waals surface area contributed by atoms with Crippen molar-refractivity contribution in [2.24, 2.45) is 10.4 Å². The van der Waals surface area contributed by atoms with Crippen LogP contribution in [0.25, 0.3) is 0 Å². The van der Waals surface area contributed by atoms with Gasteiger partial charge in [0.15, 0.2) is 5.96 Å². The summed E-state index contributed by atoms with van der Waals surface area (Å²) in [6, 6.07) is 8.93. The maximum Gasteiger partial charge on any atom is 0.194 e. The van der Waals surface area contributed by atoms with Crippen LogP contribution in [0.1, 0.15) is 43.7 Å². The summed E-state index contributed by atoms with van der Waals surface area (Å²) < 4.78 is 5.45. The first-order valence-corrected chi connectivity index (χ1v) is 10.7. The van der Waals surface area contributed by atoms with E-state index in [0.717, 1.165) is 58.4 Å². The fraction of sp³-hybridized carbons (Fsp3) is 0.682. The van der Waals surface area contributed by atoms with Crippen LogP contribution in [0.2, 0.25) is 0 Å². The van der Waals surface area contributed by atoms with E-state index in [1.54, 1.807) is 0 Å². The van der Waals surface area contributed by atoms with E-state index in [4.69, 9.17) is 9.73 Å². The number of nitrogens with one attached hydrogen (secondary N) is 1. The molecule has 0 amide bonds. The molecule has 1 aromatic rings. The number of likely N-dealkylation sites (tertiary alicyclic amines) is 1. The third kappa shape index (κ3) is 4.64. The smallest absolute Gasteiger partial charge is 0.194 e. The van der Waals surface area contributed by atoms with E-state index >= 15 is 0 Å². The standard InChI is InChI=1S/C22H34N4O/c1-2-23-21(26-10-9-22(18-26)7-4-8-22)24-16-19-5-3-6-20(15-19)17-25-11-13-27-14-12-25/h3,5-6,15H,2,4,7-14,16-18H2,1H3,(H,23,24). The molecule has 2 heterocycles. The average molecular weight is 371 g/mol. The van der Waals surface area contributed by atoms with Gasteiger partial charge in [0.05, 0.1) is 19.8 Å². The number of rotatable bonds is 5. The maximum atomic E-state index is 5.45. The third-order valence-electron chi connectivity index (χ3n) is 6.40. The zero-order valence-corrected chi connectivity index (χ0v) is 16.8. The highest BCUT2D eigenvalue weighted by atomic mass is 16.5. The van der Waals surface area contributed by atoms with Gasteiger partial charge in [-0.15, -0.1) is 0 Å². The molecule has 1 saturated carbocycles. The molecule has 0 aromatic heterocycles. The Morgan fingerprint density at radius 3 is 2.67 bits per heavy atom. The molecule has 148 valence electrons. The Bertz CT molecular complexity index is 649. The van der Waals surface area contributed by atoms with E-state index in [0.29, 0.717) is 5.41 Å². The van der Waals surface area contributed by atoms with Crippen molar-refractivity contribution >= 4 is 5.96 Å². The van der Waals surface area contributed by atoms with Crippen LogP contribution in [0.3, 0.4) is 0 Å². The molecule has 0 radical (unpaired) electrons. The largest absolute Gasteiger partial charge is 0.379 e. The summed E-state index contributed by atoms with van der Waals surface area (Å²) in [7, 11) is 0. The molecule has 5 heteroatoms. The maximum absolute atomic E-state index is 5.45. The van der Waals surface area contributed by atoms with Crippen molar-refractivity contribution in [2.45, 2.75) is 45.7 Å². The quantitative estimate of drug-likeness (QED) is 0.639. The van der Waals surface area contributed by atoms with Crippen molar-refractivity contribution in [3.8, 4) is 0 Å². The molecular weight excluding hydrogens is 336 g/mol. The zero-order chi connectivity index (χ0) is 18.5. The van der Waals surface area contributed by atoms with Gasteiger partial charge >= 0.3 is 0 Å². The molecule has 0 atom stereocenters. The Labute approximate surface area is 163 Å². The number of morpholine rings is 1. The molecule has 5 nitrogen and oxygen atoms in total. The predicted molar refractivity (Wildman–Crippen MR) is 110 cm³/mol. The second-order valence-electron chi connectivity index (χ2n) is 8.40. The van der Waals surface area contributed by atoms with E-state index in [-0.39, 0.29) is 0 Å². The lowest BCUT2D eigenvalue weighted by Crippen LogP contribution is -2.42. The van der Waals surface area contributed by atoms with Crippen LogP contribution in [0.15, 0.2) is 29.3 Å². The number of guanidine groups is 1. The summed E-state index contributed by atoms with van der Waals surface area (Å²) in [6.07, 6.45) is 5.57. The predicted octanol–water partition coefficient (Wildman–Crippen LogP) is 2.86. The van der Waals surface area contributed by atoms with Gasteiger partial charge in [-0.05, 0) is 42.7 Å². The Hall–Kier alpha value is -1.59. The minimum atomic E-state index is 0.605. The first-order valence-electron chi connectivity index (χ1n) is 10.7. The third-order valence-corrected chi connectivity index (χ3v) is 6.40. The molecule has 1 aliphatic carbocycles. The Morgan fingerprint density at radius 1 is 1.15 bits per heavy atom. The van der Waals surface area contributed by atoms with Gasteiger partial charge in [-0.1, -0.05) is 30.7 Å². The molecular formula is C22H34N4O. The van der Waals surface area contributed by atoms with E-state index in [9.17, 15) is 0 Å². The summed E-state index contributed by atoms with van der Waals surface area (Å²) >= 11 is 0. The lowest BCUT2D eigenvalue weighted by atomic mass is 9.68. The van der Waals surface area contributed by atoms with Crippen molar-refractivity contribution in [2.75, 3.05) is 45.9 Å². The lowest BCUT2D eigenvalue weighted by molar-refractivity contribution is 0.0342. The van der Waals surface area contributed by atoms with Crippen molar-refractivity contribution < 1.29 is 4.74 Å². The summed E-state index contributed by atoms with van der Waals surface area (Å²) in [6.45, 7) is 11.0. The average Bonchev–Trinajstić information content (AvgIpc) is 3.12. The molecule has 1 aromatic carbocycles. The molecule has 4 rings (SSSR count). The number of aliphatic imine (C=N–C) groups is 1. The minimum Gasteiger partial charge on any atom is -0.379 e. The lowest BCUT2D eigenvalue weighted by Gasteiger charge is -2.38. The number of ether oxygens (including phenoxy) is 1. The van der Waals surface area contributed by atoms with Crippen LogP contribution in [0, 0.1) is 5.41 Å². The highest BCUT2D eigenvalue weighted by Gasteiger charge is 2.43. The van der Waals surface area contributed by atoms with Crippen molar-refractivity contribution in [3.05, 3.63) is 35.4 Å². The molecule has 1 spiro atoms. The second-order valence-corrected chi connectivity index (χ2v) is 8.40. The number of nitrogens with zero attached hydrogens (tertiary/aromatic N) is 3. The van der Waals surface area contributed by atoms with Crippen LogP contribution in [0.4, 0.5) is 0 Å². The van der Waals surface area contributed by atoms with Crippen molar-refractivity contribution in [1.29, 1.82) is 0 Å². The van der Waals surface area contributed by atoms with Gasteiger partial charge in [-0.3, -0.25) is 4.90 Å². The Morgan fingerprint density at radius 2 is 1.96 bits per heavy atom. The van der Waals surface area contributed by atoms with E-state index < -0.39 is 0 Å². The van der Waals surface area contributed by atoms with E-state index in [1.807, 2.05) is 0 Å². The van der Waals surface area contributed by atoms with Crippen molar-refractivity contribution in [1.82, 2.24) is 15.1 Å².